The zero-order valence-electron chi connectivity index (χ0n) is 5.65. The fraction of sp³-hybridized carbons (Fsp3) is 0. The molecular weight excluding hydrogens is 443 g/mol. The van der Waals surface area contributed by atoms with Gasteiger partial charge in [-0.05, 0) is 18.6 Å². The van der Waals surface area contributed by atoms with Crippen LogP contribution in [0.4, 0.5) is 0 Å². The van der Waals surface area contributed by atoms with Gasteiger partial charge in [-0.1, -0.05) is 34.1 Å². The summed E-state index contributed by atoms with van der Waals surface area (Å²) in [4.78, 5) is 0. The van der Waals surface area contributed by atoms with Gasteiger partial charge in [0.15, 0.2) is 0 Å². The predicted molar refractivity (Wildman–Crippen MR) is 62.2 cm³/mol. The van der Waals surface area contributed by atoms with E-state index in [0.29, 0.717) is 0 Å². The van der Waals surface area contributed by atoms with Crippen molar-refractivity contribution in [2.75, 3.05) is 0 Å². The average Bonchev–Trinajstić information content (AvgIpc) is 1.97. The average molecular weight is 449 g/mol. The number of halogens is 3. The van der Waals surface area contributed by atoms with Crippen LogP contribution in [0.3, 0.4) is 0 Å². The summed E-state index contributed by atoms with van der Waals surface area (Å²) >= 11 is 9.65. The first-order chi connectivity index (χ1) is 5.22. The molecule has 0 fully saturated rings. The van der Waals surface area contributed by atoms with Crippen molar-refractivity contribution in [1.29, 1.82) is 0 Å². The van der Waals surface area contributed by atoms with Gasteiger partial charge in [-0.25, -0.2) is 0 Å². The van der Waals surface area contributed by atoms with Gasteiger partial charge < -0.3 is 0 Å². The summed E-state index contributed by atoms with van der Waals surface area (Å²) in [5.74, 6) is 0. The van der Waals surface area contributed by atoms with E-state index in [2.05, 4.69) is 48.3 Å². The Morgan fingerprint density at radius 2 is 1.64 bits per heavy atom. The number of rotatable bonds is 0. The summed E-state index contributed by atoms with van der Waals surface area (Å²) in [6.07, 6.45) is 0. The molecule has 0 aliphatic rings. The van der Waals surface area contributed by atoms with Crippen molar-refractivity contribution in [3.8, 4) is 0 Å². The summed E-state index contributed by atoms with van der Waals surface area (Å²) in [6.45, 7) is 3.77. The summed E-state index contributed by atoms with van der Waals surface area (Å²) < 4.78 is 1.07. The van der Waals surface area contributed by atoms with Crippen LogP contribution in [0.15, 0.2) is 28.7 Å². The van der Waals surface area contributed by atoms with Crippen LogP contribution in [0.2, 0.25) is 0 Å². The quantitative estimate of drug-likeness (QED) is 0.528. The molecule has 3 radical (unpaired) electrons. The normalized spacial score (nSPS) is 8.36. The second kappa shape index (κ2) is 8.08. The minimum atomic E-state index is -0.145. The zero-order valence-corrected chi connectivity index (χ0v) is 13.3. The smallest absolute Gasteiger partial charge is 0.0207 e. The van der Waals surface area contributed by atoms with Gasteiger partial charge in [-0.2, -0.15) is 0 Å². The van der Waals surface area contributed by atoms with Crippen LogP contribution in [-0.4, -0.2) is 16.7 Å². The van der Waals surface area contributed by atoms with Gasteiger partial charge in [0.1, 0.15) is 0 Å². The fourth-order valence-electron chi connectivity index (χ4n) is 0.498. The summed E-state index contributed by atoms with van der Waals surface area (Å²) in [7, 11) is 0. The van der Waals surface area contributed by atoms with Gasteiger partial charge in [0.2, 0.25) is 0 Å². The fourth-order valence-corrected chi connectivity index (χ4v) is 0.783. The molecule has 11 heavy (non-hydrogen) atoms. The van der Waals surface area contributed by atoms with E-state index >= 15 is 0 Å². The van der Waals surface area contributed by atoms with Crippen molar-refractivity contribution in [2.24, 2.45) is 0 Å². The Kier molecular flexibility index (Phi) is 9.15. The molecule has 0 unspecified atom stereocenters. The van der Waals surface area contributed by atoms with Crippen LogP contribution < -0.4 is 0 Å². The van der Waals surface area contributed by atoms with Crippen LogP contribution in [0.5, 0.6) is 0 Å². The number of hydrogen-bond donors (Lipinski definition) is 0. The van der Waals surface area contributed by atoms with Crippen LogP contribution >= 0.6 is 41.3 Å². The van der Waals surface area contributed by atoms with Crippen molar-refractivity contribution in [3.63, 3.8) is 0 Å². The molecule has 0 aliphatic carbocycles. The van der Waals surface area contributed by atoms with E-state index in [9.17, 15) is 0 Å². The first kappa shape index (κ1) is 12.5. The molecule has 0 N–H and O–H groups in total. The Labute approximate surface area is 98.0 Å². The molecule has 0 saturated heterocycles. The predicted octanol–water partition coefficient (Wildman–Crippen LogP) is 3.94. The van der Waals surface area contributed by atoms with Crippen LogP contribution in [-0.2, 0) is 0 Å². The molecule has 1 rings (SSSR count). The van der Waals surface area contributed by atoms with Gasteiger partial charge in [0, 0.05) is 4.47 Å². The van der Waals surface area contributed by atoms with E-state index in [-0.39, 0.29) is 16.7 Å². The van der Waals surface area contributed by atoms with Gasteiger partial charge in [-0.3, -0.25) is 0 Å². The molecular formula is C7H6Br3Sn. The van der Waals surface area contributed by atoms with E-state index in [0.717, 1.165) is 10.0 Å². The van der Waals surface area contributed by atoms with E-state index < -0.39 is 0 Å². The standard InChI is InChI=1S/C7H6Br.2BrH.Sn/c1-6-4-2-3-5-7(6)8;;;/h2-5H,1H2;2*1H;/q;;;+2/p-2. The molecule has 0 nitrogen and oxygen atoms in total. The van der Waals surface area contributed by atoms with Crippen molar-refractivity contribution < 1.29 is 0 Å². The second-order valence-corrected chi connectivity index (χ2v) is 15.4. The third-order valence-electron chi connectivity index (χ3n) is 0.958. The maximum Gasteiger partial charge on any atom is 0.0207 e. The Bertz CT molecular complexity index is 182. The van der Waals surface area contributed by atoms with Crippen molar-refractivity contribution in [3.05, 3.63) is 41.2 Å². The van der Waals surface area contributed by atoms with E-state index in [4.69, 9.17) is 0 Å². The first-order valence-electron chi connectivity index (χ1n) is 2.75. The van der Waals surface area contributed by atoms with Crippen molar-refractivity contribution >= 4 is 58.0 Å². The van der Waals surface area contributed by atoms with Gasteiger partial charge in [0.25, 0.3) is 0 Å². The van der Waals surface area contributed by atoms with Crippen LogP contribution in [0.1, 0.15) is 5.56 Å². The Balaban J connectivity index is 0.000000292. The maximum atomic E-state index is 3.77. The molecule has 1 aromatic rings. The Morgan fingerprint density at radius 3 is 1.91 bits per heavy atom. The van der Waals surface area contributed by atoms with Gasteiger partial charge in [0.05, 0.1) is 0 Å². The molecule has 0 aromatic heterocycles. The number of benzene rings is 1. The van der Waals surface area contributed by atoms with Crippen molar-refractivity contribution in [2.45, 2.75) is 0 Å². The minimum absolute atomic E-state index is 0.145. The SMILES string of the molecule is [Br][Sn][Br].[CH2]c1ccccc1Br. The second-order valence-electron chi connectivity index (χ2n) is 1.66. The largest absolute Gasteiger partial charge is 0.0619 e. The summed E-state index contributed by atoms with van der Waals surface area (Å²) in [6, 6.07) is 7.87. The first-order valence-corrected chi connectivity index (χ1v) is 16.3. The molecule has 1 aromatic carbocycles. The van der Waals surface area contributed by atoms with Crippen molar-refractivity contribution in [1.82, 2.24) is 0 Å². The Hall–Kier alpha value is 1.46. The molecule has 4 heteroatoms. The molecule has 0 saturated carbocycles. The Morgan fingerprint density at radius 1 is 1.18 bits per heavy atom. The van der Waals surface area contributed by atoms with E-state index in [1.54, 1.807) is 0 Å². The molecule has 0 amide bonds. The molecule has 0 spiro atoms. The zero-order chi connectivity index (χ0) is 8.69. The molecule has 0 bridgehead atoms. The third-order valence-corrected chi connectivity index (χ3v) is 1.73. The van der Waals surface area contributed by atoms with E-state index in [1.807, 2.05) is 24.3 Å². The molecule has 0 atom stereocenters. The number of hydrogen-bond acceptors (Lipinski definition) is 0. The topological polar surface area (TPSA) is 0 Å². The summed E-state index contributed by atoms with van der Waals surface area (Å²) in [5.41, 5.74) is 1.03. The molecule has 59 valence electrons. The molecule has 0 aliphatic heterocycles. The van der Waals surface area contributed by atoms with E-state index in [1.165, 1.54) is 0 Å². The third kappa shape index (κ3) is 6.60. The summed E-state index contributed by atoms with van der Waals surface area (Å²) in [5, 5.41) is 0. The minimum Gasteiger partial charge on any atom is -0.0619 e. The maximum absolute atomic E-state index is 3.77. The monoisotopic (exact) mass is 447 g/mol. The van der Waals surface area contributed by atoms with Crippen LogP contribution in [0.25, 0.3) is 0 Å². The van der Waals surface area contributed by atoms with Gasteiger partial charge >= 0.3 is 42.1 Å². The molecule has 0 heterocycles. The van der Waals surface area contributed by atoms with Gasteiger partial charge in [-0.15, -0.1) is 0 Å². The van der Waals surface area contributed by atoms with Crippen LogP contribution in [0, 0.1) is 6.92 Å².